The van der Waals surface area contributed by atoms with E-state index in [1.807, 2.05) is 6.07 Å². The van der Waals surface area contributed by atoms with E-state index in [2.05, 4.69) is 5.32 Å². The molecule has 0 fully saturated rings. The first-order chi connectivity index (χ1) is 8.32. The Kier molecular flexibility index (Phi) is 4.29. The van der Waals surface area contributed by atoms with Crippen molar-refractivity contribution in [3.63, 3.8) is 0 Å². The molecule has 1 rings (SSSR count). The number of nitriles is 1. The predicted molar refractivity (Wildman–Crippen MR) is 66.0 cm³/mol. The molecule has 0 aliphatic heterocycles. The van der Waals surface area contributed by atoms with Crippen LogP contribution in [-0.2, 0) is 12.0 Å². The largest absolute Gasteiger partial charge is 0.465 e. The summed E-state index contributed by atoms with van der Waals surface area (Å²) >= 11 is 0. The highest BCUT2D eigenvalue weighted by molar-refractivity contribution is 5.65. The molecule has 18 heavy (non-hydrogen) atoms. The zero-order valence-corrected chi connectivity index (χ0v) is 10.3. The lowest BCUT2D eigenvalue weighted by Crippen LogP contribution is -2.34. The number of rotatable bonds is 4. The molecule has 5 heteroatoms. The fraction of sp³-hybridized carbons (Fsp3) is 0.385. The van der Waals surface area contributed by atoms with Gasteiger partial charge in [-0.1, -0.05) is 24.3 Å². The van der Waals surface area contributed by atoms with E-state index in [9.17, 15) is 9.90 Å². The summed E-state index contributed by atoms with van der Waals surface area (Å²) in [5.41, 5.74) is 0.696. The van der Waals surface area contributed by atoms with Crippen LogP contribution < -0.4 is 5.32 Å². The first kappa shape index (κ1) is 14.0. The van der Waals surface area contributed by atoms with Gasteiger partial charge in [0.15, 0.2) is 0 Å². The van der Waals surface area contributed by atoms with Gasteiger partial charge in [0.05, 0.1) is 11.7 Å². The third kappa shape index (κ3) is 4.07. The van der Waals surface area contributed by atoms with Crippen molar-refractivity contribution in [3.8, 4) is 6.07 Å². The molecule has 96 valence electrons. The molecule has 1 aromatic carbocycles. The lowest BCUT2D eigenvalue weighted by Gasteiger charge is -2.18. The third-order valence-corrected chi connectivity index (χ3v) is 2.55. The first-order valence-corrected chi connectivity index (χ1v) is 5.54. The summed E-state index contributed by atoms with van der Waals surface area (Å²) in [6, 6.07) is 8.21. The van der Waals surface area contributed by atoms with Crippen molar-refractivity contribution in [2.24, 2.45) is 0 Å². The second kappa shape index (κ2) is 5.52. The van der Waals surface area contributed by atoms with Crippen molar-refractivity contribution in [1.29, 1.82) is 5.26 Å². The summed E-state index contributed by atoms with van der Waals surface area (Å²) in [5.74, 6) is 0. The molecule has 0 saturated heterocycles. The van der Waals surface area contributed by atoms with Gasteiger partial charge in [0.25, 0.3) is 0 Å². The van der Waals surface area contributed by atoms with Crippen molar-refractivity contribution in [1.82, 2.24) is 5.32 Å². The number of aliphatic hydroxyl groups is 1. The zero-order valence-electron chi connectivity index (χ0n) is 10.3. The highest BCUT2D eigenvalue weighted by Crippen LogP contribution is 2.20. The van der Waals surface area contributed by atoms with E-state index in [1.54, 1.807) is 38.1 Å². The Balaban J connectivity index is 2.75. The van der Waals surface area contributed by atoms with Crippen molar-refractivity contribution in [2.45, 2.75) is 31.9 Å². The van der Waals surface area contributed by atoms with Gasteiger partial charge in [-0.05, 0) is 25.0 Å². The van der Waals surface area contributed by atoms with Crippen LogP contribution in [0.2, 0.25) is 0 Å². The van der Waals surface area contributed by atoms with Gasteiger partial charge in [0.1, 0.15) is 6.04 Å². The van der Waals surface area contributed by atoms with Gasteiger partial charge in [0, 0.05) is 6.42 Å². The molecule has 1 atom stereocenters. The minimum atomic E-state index is -1.21. The summed E-state index contributed by atoms with van der Waals surface area (Å²) in [5, 5.41) is 29.3. The summed E-state index contributed by atoms with van der Waals surface area (Å²) < 4.78 is 0. The van der Waals surface area contributed by atoms with Crippen LogP contribution in [0, 0.1) is 11.3 Å². The summed E-state index contributed by atoms with van der Waals surface area (Å²) in [4.78, 5) is 10.4. The SMILES string of the molecule is CC(C)(O)c1ccc(CC(C#N)NC(=O)O)cc1. The Morgan fingerprint density at radius 1 is 1.44 bits per heavy atom. The maximum absolute atomic E-state index is 10.4. The molecule has 0 spiro atoms. The normalized spacial score (nSPS) is 12.6. The maximum Gasteiger partial charge on any atom is 0.405 e. The van der Waals surface area contributed by atoms with Gasteiger partial charge < -0.3 is 15.5 Å². The van der Waals surface area contributed by atoms with Gasteiger partial charge in [-0.25, -0.2) is 4.79 Å². The molecule has 0 radical (unpaired) electrons. The Morgan fingerprint density at radius 2 is 2.00 bits per heavy atom. The number of nitrogens with zero attached hydrogens (tertiary/aromatic N) is 1. The molecule has 0 saturated carbocycles. The van der Waals surface area contributed by atoms with Gasteiger partial charge in [0.2, 0.25) is 0 Å². The van der Waals surface area contributed by atoms with Crippen LogP contribution in [0.3, 0.4) is 0 Å². The molecule has 3 N–H and O–H groups in total. The fourth-order valence-corrected chi connectivity index (χ4v) is 1.56. The molecule has 1 unspecified atom stereocenters. The van der Waals surface area contributed by atoms with Gasteiger partial charge >= 0.3 is 6.09 Å². The Bertz CT molecular complexity index is 455. The summed E-state index contributed by atoms with van der Waals surface area (Å²) in [7, 11) is 0. The van der Waals surface area contributed by atoms with E-state index >= 15 is 0 Å². The number of hydrogen-bond donors (Lipinski definition) is 3. The van der Waals surface area contributed by atoms with Crippen LogP contribution >= 0.6 is 0 Å². The van der Waals surface area contributed by atoms with Crippen molar-refractivity contribution in [2.75, 3.05) is 0 Å². The topological polar surface area (TPSA) is 93.4 Å². The van der Waals surface area contributed by atoms with Crippen LogP contribution in [0.1, 0.15) is 25.0 Å². The van der Waals surface area contributed by atoms with Crippen molar-refractivity contribution < 1.29 is 15.0 Å². The number of carbonyl (C=O) groups is 1. The number of hydrogen-bond acceptors (Lipinski definition) is 3. The number of benzene rings is 1. The van der Waals surface area contributed by atoms with E-state index in [4.69, 9.17) is 10.4 Å². The minimum Gasteiger partial charge on any atom is -0.465 e. The van der Waals surface area contributed by atoms with E-state index in [0.717, 1.165) is 11.1 Å². The zero-order chi connectivity index (χ0) is 13.8. The maximum atomic E-state index is 10.4. The quantitative estimate of drug-likeness (QED) is 0.754. The van der Waals surface area contributed by atoms with Crippen molar-refractivity contribution in [3.05, 3.63) is 35.4 Å². The fourth-order valence-electron chi connectivity index (χ4n) is 1.56. The molecule has 1 amide bonds. The van der Waals surface area contributed by atoms with Crippen LogP contribution in [0.15, 0.2) is 24.3 Å². The average Bonchev–Trinajstić information content (AvgIpc) is 2.27. The molecule has 0 aliphatic rings. The summed E-state index contributed by atoms with van der Waals surface area (Å²) in [6.45, 7) is 3.37. The van der Waals surface area contributed by atoms with E-state index < -0.39 is 17.7 Å². The molecular weight excluding hydrogens is 232 g/mol. The summed E-state index contributed by atoms with van der Waals surface area (Å²) in [6.07, 6.45) is -0.913. The van der Waals surface area contributed by atoms with E-state index in [-0.39, 0.29) is 0 Å². The molecule has 1 aromatic rings. The molecule has 0 aromatic heterocycles. The highest BCUT2D eigenvalue weighted by atomic mass is 16.4. The number of nitrogens with one attached hydrogen (secondary N) is 1. The molecular formula is C13H16N2O3. The standard InChI is InChI=1S/C13H16N2O3/c1-13(2,18)10-5-3-9(4-6-10)7-11(8-14)15-12(16)17/h3-6,11,15,18H,7H2,1-2H3,(H,16,17). The molecule has 0 heterocycles. The van der Waals surface area contributed by atoms with E-state index in [1.165, 1.54) is 0 Å². The van der Waals surface area contributed by atoms with Crippen molar-refractivity contribution >= 4 is 6.09 Å². The Labute approximate surface area is 106 Å². The Hall–Kier alpha value is -2.06. The monoisotopic (exact) mass is 248 g/mol. The minimum absolute atomic E-state index is 0.301. The highest BCUT2D eigenvalue weighted by Gasteiger charge is 2.16. The number of carboxylic acid groups (broad SMARTS) is 1. The lowest BCUT2D eigenvalue weighted by molar-refractivity contribution is 0.0786. The molecule has 0 aliphatic carbocycles. The van der Waals surface area contributed by atoms with Crippen LogP contribution in [-0.4, -0.2) is 22.3 Å². The van der Waals surface area contributed by atoms with Crippen LogP contribution in [0.4, 0.5) is 4.79 Å². The van der Waals surface area contributed by atoms with Gasteiger partial charge in [-0.15, -0.1) is 0 Å². The van der Waals surface area contributed by atoms with Crippen LogP contribution in [0.5, 0.6) is 0 Å². The molecule has 0 bridgehead atoms. The van der Waals surface area contributed by atoms with E-state index in [0.29, 0.717) is 6.42 Å². The first-order valence-electron chi connectivity index (χ1n) is 5.54. The van der Waals surface area contributed by atoms with Gasteiger partial charge in [-0.2, -0.15) is 5.26 Å². The average molecular weight is 248 g/mol. The second-order valence-electron chi connectivity index (χ2n) is 4.59. The third-order valence-electron chi connectivity index (χ3n) is 2.55. The lowest BCUT2D eigenvalue weighted by atomic mass is 9.96. The van der Waals surface area contributed by atoms with Crippen LogP contribution in [0.25, 0.3) is 0 Å². The predicted octanol–water partition coefficient (Wildman–Crippen LogP) is 1.62. The smallest absolute Gasteiger partial charge is 0.405 e. The Morgan fingerprint density at radius 3 is 2.39 bits per heavy atom. The molecule has 5 nitrogen and oxygen atoms in total. The van der Waals surface area contributed by atoms with Gasteiger partial charge in [-0.3, -0.25) is 0 Å². The number of amides is 1. The second-order valence-corrected chi connectivity index (χ2v) is 4.59.